The number of rotatable bonds is 6. The Balaban J connectivity index is 2.47. The number of phenolic OH excluding ortho intramolecular Hbond substituents is 1. The molecule has 0 spiro atoms. The van der Waals surface area contributed by atoms with E-state index in [9.17, 15) is 9.67 Å². The SMILES string of the molecule is [2H]C([2H])(c1ccc(O)c(C(C)C)c1)c1c(C)cc(OCP(=O)(O)O)cc1C. The predicted molar refractivity (Wildman–Crippen MR) is 98.5 cm³/mol. The maximum Gasteiger partial charge on any atom is 0.362 e. The molecular weight excluding hydrogens is 339 g/mol. The zero-order chi connectivity index (χ0) is 20.6. The van der Waals surface area contributed by atoms with E-state index in [0.717, 1.165) is 0 Å². The number of benzene rings is 2. The average molecular weight is 366 g/mol. The first-order chi connectivity index (χ1) is 12.3. The van der Waals surface area contributed by atoms with Gasteiger partial charge < -0.3 is 19.6 Å². The highest BCUT2D eigenvalue weighted by Crippen LogP contribution is 2.35. The molecule has 0 unspecified atom stereocenters. The van der Waals surface area contributed by atoms with Gasteiger partial charge in [-0.05, 0) is 72.2 Å². The molecule has 0 saturated heterocycles. The summed E-state index contributed by atoms with van der Waals surface area (Å²) in [6.07, 6.45) is -2.54. The van der Waals surface area contributed by atoms with E-state index in [-0.39, 0.29) is 17.4 Å². The van der Waals surface area contributed by atoms with Crippen molar-refractivity contribution in [2.45, 2.75) is 40.0 Å². The normalized spacial score (nSPS) is 13.6. The van der Waals surface area contributed by atoms with Gasteiger partial charge >= 0.3 is 7.60 Å². The van der Waals surface area contributed by atoms with Crippen molar-refractivity contribution in [1.82, 2.24) is 0 Å². The van der Waals surface area contributed by atoms with Gasteiger partial charge in [-0.15, -0.1) is 0 Å². The lowest BCUT2D eigenvalue weighted by atomic mass is 9.93. The van der Waals surface area contributed by atoms with Crippen molar-refractivity contribution in [1.29, 1.82) is 0 Å². The van der Waals surface area contributed by atoms with Gasteiger partial charge in [0.25, 0.3) is 0 Å². The van der Waals surface area contributed by atoms with Gasteiger partial charge in [0.05, 0.1) is 0 Å². The van der Waals surface area contributed by atoms with Crippen LogP contribution in [0.25, 0.3) is 0 Å². The highest BCUT2D eigenvalue weighted by molar-refractivity contribution is 7.51. The lowest BCUT2D eigenvalue weighted by Gasteiger charge is -2.15. The Hall–Kier alpha value is -1.81. The van der Waals surface area contributed by atoms with Crippen molar-refractivity contribution in [2.24, 2.45) is 0 Å². The van der Waals surface area contributed by atoms with Gasteiger partial charge in [-0.1, -0.05) is 26.0 Å². The molecule has 0 aromatic heterocycles. The van der Waals surface area contributed by atoms with E-state index in [0.29, 0.717) is 27.8 Å². The van der Waals surface area contributed by atoms with Crippen LogP contribution in [0.5, 0.6) is 11.5 Å². The first kappa shape index (κ1) is 16.6. The summed E-state index contributed by atoms with van der Waals surface area (Å²) in [5.41, 5.74) is 2.79. The van der Waals surface area contributed by atoms with Crippen molar-refractivity contribution >= 4 is 7.60 Å². The lowest BCUT2D eigenvalue weighted by Crippen LogP contribution is -2.02. The number of hydrogen-bond donors (Lipinski definition) is 3. The second-order valence-corrected chi connectivity index (χ2v) is 8.01. The predicted octanol–water partition coefficient (Wildman–Crippen LogP) is 4.24. The van der Waals surface area contributed by atoms with Crippen LogP contribution in [0.3, 0.4) is 0 Å². The molecule has 136 valence electrons. The van der Waals surface area contributed by atoms with Crippen molar-refractivity contribution in [2.75, 3.05) is 6.35 Å². The fourth-order valence-corrected chi connectivity index (χ4v) is 2.92. The van der Waals surface area contributed by atoms with Crippen LogP contribution in [-0.2, 0) is 10.9 Å². The Morgan fingerprint density at radius 3 is 2.28 bits per heavy atom. The Kier molecular flexibility index (Phi) is 5.07. The van der Waals surface area contributed by atoms with Crippen molar-refractivity contribution in [3.05, 3.63) is 58.1 Å². The lowest BCUT2D eigenvalue weighted by molar-refractivity contribution is 0.300. The first-order valence-electron chi connectivity index (χ1n) is 8.95. The number of aryl methyl sites for hydroxylation is 2. The van der Waals surface area contributed by atoms with E-state index < -0.39 is 20.3 Å². The summed E-state index contributed by atoms with van der Waals surface area (Å²) in [6.45, 7) is 7.32. The maximum absolute atomic E-state index is 11.0. The molecule has 0 radical (unpaired) electrons. The van der Waals surface area contributed by atoms with Crippen LogP contribution in [0.1, 0.15) is 50.3 Å². The highest BCUT2D eigenvalue weighted by atomic mass is 31.2. The van der Waals surface area contributed by atoms with Gasteiger partial charge in [-0.2, -0.15) is 0 Å². The van der Waals surface area contributed by atoms with Crippen molar-refractivity contribution in [3.8, 4) is 11.5 Å². The molecule has 25 heavy (non-hydrogen) atoms. The van der Waals surface area contributed by atoms with Gasteiger partial charge in [0.15, 0.2) is 6.35 Å². The van der Waals surface area contributed by atoms with E-state index in [2.05, 4.69) is 0 Å². The summed E-state index contributed by atoms with van der Waals surface area (Å²) in [5, 5.41) is 10.0. The summed E-state index contributed by atoms with van der Waals surface area (Å²) in [7, 11) is -4.29. The Bertz CT molecular complexity index is 867. The van der Waals surface area contributed by atoms with Crippen LogP contribution in [0, 0.1) is 13.8 Å². The molecule has 0 heterocycles. The van der Waals surface area contributed by atoms with Crippen LogP contribution in [0.2, 0.25) is 0 Å². The maximum atomic E-state index is 11.0. The number of hydrogen-bond acceptors (Lipinski definition) is 3. The summed E-state index contributed by atoms with van der Waals surface area (Å²) in [4.78, 5) is 17.9. The van der Waals surface area contributed by atoms with Gasteiger partial charge in [0.2, 0.25) is 0 Å². The molecule has 2 aromatic rings. The summed E-state index contributed by atoms with van der Waals surface area (Å²) >= 11 is 0. The molecule has 0 aliphatic heterocycles. The molecule has 3 N–H and O–H groups in total. The fraction of sp³-hybridized carbons (Fsp3) is 0.368. The third-order valence-corrected chi connectivity index (χ3v) is 4.29. The molecule has 0 bridgehead atoms. The van der Waals surface area contributed by atoms with Gasteiger partial charge in [0.1, 0.15) is 11.5 Å². The number of aromatic hydroxyl groups is 1. The fourth-order valence-electron chi connectivity index (χ4n) is 2.60. The zero-order valence-corrected chi connectivity index (χ0v) is 15.7. The molecule has 0 saturated carbocycles. The third kappa shape index (κ3) is 5.33. The van der Waals surface area contributed by atoms with Gasteiger partial charge in [-0.3, -0.25) is 4.57 Å². The van der Waals surface area contributed by atoms with Crippen LogP contribution >= 0.6 is 7.60 Å². The van der Waals surface area contributed by atoms with Crippen LogP contribution in [-0.4, -0.2) is 21.2 Å². The molecule has 0 fully saturated rings. The van der Waals surface area contributed by atoms with Crippen LogP contribution in [0.15, 0.2) is 30.3 Å². The zero-order valence-electron chi connectivity index (χ0n) is 16.8. The smallest absolute Gasteiger partial charge is 0.362 e. The van der Waals surface area contributed by atoms with E-state index in [1.165, 1.54) is 6.07 Å². The molecule has 0 atom stereocenters. The highest BCUT2D eigenvalue weighted by Gasteiger charge is 2.15. The molecule has 0 aliphatic rings. The minimum absolute atomic E-state index is 0.0476. The Morgan fingerprint density at radius 2 is 1.76 bits per heavy atom. The second-order valence-electron chi connectivity index (χ2n) is 6.42. The van der Waals surface area contributed by atoms with Gasteiger partial charge in [0, 0.05) is 2.74 Å². The first-order valence-corrected chi connectivity index (χ1v) is 9.75. The van der Waals surface area contributed by atoms with E-state index in [1.807, 2.05) is 13.8 Å². The summed E-state index contributed by atoms with van der Waals surface area (Å²) in [5.74, 6) is 0.465. The second kappa shape index (κ2) is 7.61. The number of phenols is 1. The van der Waals surface area contributed by atoms with Crippen LogP contribution < -0.4 is 4.74 Å². The average Bonchev–Trinajstić information content (AvgIpc) is 2.51. The topological polar surface area (TPSA) is 87.0 Å². The summed E-state index contributed by atoms with van der Waals surface area (Å²) in [6, 6.07) is 7.89. The van der Waals surface area contributed by atoms with E-state index in [1.54, 1.807) is 38.1 Å². The van der Waals surface area contributed by atoms with Crippen molar-refractivity contribution in [3.63, 3.8) is 0 Å². The molecule has 6 heteroatoms. The standard InChI is InChI=1S/C19H25O5P/c1-12(2)17-9-15(5-6-19(17)20)10-18-13(3)7-16(8-14(18)4)24-11-25(21,22)23/h5-9,12,20H,10-11H2,1-4H3,(H2,21,22,23)/i10D2. The molecule has 0 amide bonds. The Morgan fingerprint density at radius 1 is 1.16 bits per heavy atom. The monoisotopic (exact) mass is 366 g/mol. The molecule has 0 aliphatic carbocycles. The molecular formula is C19H25O5P. The quantitative estimate of drug-likeness (QED) is 0.666. The third-order valence-electron chi connectivity index (χ3n) is 3.82. The summed E-state index contributed by atoms with van der Waals surface area (Å²) < 4.78 is 33.5. The van der Waals surface area contributed by atoms with E-state index in [4.69, 9.17) is 17.3 Å². The molecule has 5 nitrogen and oxygen atoms in total. The van der Waals surface area contributed by atoms with Crippen LogP contribution in [0.4, 0.5) is 0 Å². The number of ether oxygens (including phenoxy) is 1. The Labute approximate surface area is 151 Å². The van der Waals surface area contributed by atoms with E-state index >= 15 is 0 Å². The minimum Gasteiger partial charge on any atom is -0.508 e. The van der Waals surface area contributed by atoms with Crippen molar-refractivity contribution < 1.29 is 26.9 Å². The molecule has 2 rings (SSSR count). The minimum atomic E-state index is -4.29. The molecule has 2 aromatic carbocycles. The largest absolute Gasteiger partial charge is 0.508 e. The van der Waals surface area contributed by atoms with Gasteiger partial charge in [-0.25, -0.2) is 0 Å².